The maximum atomic E-state index is 13.4. The van der Waals surface area contributed by atoms with Crippen LogP contribution < -0.4 is 11.1 Å². The fraction of sp³-hybridized carbons (Fsp3) is 0.152. The van der Waals surface area contributed by atoms with E-state index >= 15 is 0 Å². The number of halogens is 1. The number of nitrogens with one attached hydrogen (secondary N) is 1. The molecule has 1 heterocycles. The largest absolute Gasteiger partial charge is 0.419 e. The summed E-state index contributed by atoms with van der Waals surface area (Å²) in [4.78, 5) is 13.4. The van der Waals surface area contributed by atoms with Crippen LogP contribution in [0.15, 0.2) is 101 Å². The second kappa shape index (κ2) is 11.5. The molecule has 0 aliphatic heterocycles. The minimum Gasteiger partial charge on any atom is -0.419 e. The topological polar surface area (TPSA) is 118 Å². The second-order valence-electron chi connectivity index (χ2n) is 10.2. The Morgan fingerprint density at radius 3 is 2.41 bits per heavy atom. The fourth-order valence-corrected chi connectivity index (χ4v) is 4.65. The van der Waals surface area contributed by atoms with Crippen molar-refractivity contribution in [3.05, 3.63) is 131 Å². The lowest BCUT2D eigenvalue weighted by Gasteiger charge is -2.20. The van der Waals surface area contributed by atoms with Crippen LogP contribution in [-0.2, 0) is 12.0 Å². The van der Waals surface area contributed by atoms with E-state index in [1.54, 1.807) is 42.5 Å². The van der Waals surface area contributed by atoms with Gasteiger partial charge in [-0.3, -0.25) is 4.79 Å². The average Bonchev–Trinajstić information content (AvgIpc) is 3.49. The molecule has 0 saturated carbocycles. The molecule has 1 amide bonds. The third-order valence-electron chi connectivity index (χ3n) is 6.85. The average molecular weight is 546 g/mol. The van der Waals surface area contributed by atoms with Gasteiger partial charge < -0.3 is 15.5 Å². The Morgan fingerprint density at radius 2 is 1.68 bits per heavy atom. The van der Waals surface area contributed by atoms with Crippen molar-refractivity contribution in [1.82, 2.24) is 15.5 Å². The SMILES string of the molecule is CC(NC(=O)c1cc(-c2nnc(C(C)(N)Cc3ccccc3)o2)cc(-c2ccccc2C#N)c1)c1ccc(F)cc1. The van der Waals surface area contributed by atoms with Gasteiger partial charge in [-0.15, -0.1) is 10.2 Å². The summed E-state index contributed by atoms with van der Waals surface area (Å²) in [5.74, 6) is -0.249. The number of rotatable bonds is 8. The highest BCUT2D eigenvalue weighted by molar-refractivity contribution is 5.97. The molecular formula is C33H28FN5O2. The molecule has 0 radical (unpaired) electrons. The number of nitrogens with two attached hydrogens (primary N) is 1. The molecule has 1 aromatic heterocycles. The van der Waals surface area contributed by atoms with Gasteiger partial charge in [-0.2, -0.15) is 5.26 Å². The molecule has 0 saturated heterocycles. The van der Waals surface area contributed by atoms with Gasteiger partial charge in [0, 0.05) is 11.1 Å². The molecule has 2 atom stereocenters. The number of carbonyl (C=O) groups excluding carboxylic acids is 1. The van der Waals surface area contributed by atoms with Crippen molar-refractivity contribution in [2.45, 2.75) is 31.8 Å². The van der Waals surface area contributed by atoms with Gasteiger partial charge >= 0.3 is 0 Å². The molecule has 0 bridgehead atoms. The van der Waals surface area contributed by atoms with E-state index in [9.17, 15) is 14.4 Å². The summed E-state index contributed by atoms with van der Waals surface area (Å²) in [6.07, 6.45) is 0.486. The minimum absolute atomic E-state index is 0.196. The molecular weight excluding hydrogens is 517 g/mol. The Hall–Kier alpha value is -5.13. The van der Waals surface area contributed by atoms with Crippen LogP contribution in [-0.4, -0.2) is 16.1 Å². The first-order valence-electron chi connectivity index (χ1n) is 13.1. The van der Waals surface area contributed by atoms with Crippen LogP contribution in [0, 0.1) is 17.1 Å². The fourth-order valence-electron chi connectivity index (χ4n) is 4.65. The van der Waals surface area contributed by atoms with Crippen LogP contribution >= 0.6 is 0 Å². The van der Waals surface area contributed by atoms with Gasteiger partial charge in [0.1, 0.15) is 5.82 Å². The summed E-state index contributed by atoms with van der Waals surface area (Å²) in [6, 6.07) is 29.9. The summed E-state index contributed by atoms with van der Waals surface area (Å²) < 4.78 is 19.5. The van der Waals surface area contributed by atoms with Crippen molar-refractivity contribution >= 4 is 5.91 Å². The van der Waals surface area contributed by atoms with E-state index in [1.165, 1.54) is 12.1 Å². The summed E-state index contributed by atoms with van der Waals surface area (Å²) >= 11 is 0. The zero-order valence-corrected chi connectivity index (χ0v) is 22.6. The number of aromatic nitrogens is 2. The van der Waals surface area contributed by atoms with Gasteiger partial charge in [0.25, 0.3) is 5.91 Å². The highest BCUT2D eigenvalue weighted by atomic mass is 19.1. The van der Waals surface area contributed by atoms with Crippen molar-refractivity contribution in [3.8, 4) is 28.7 Å². The van der Waals surface area contributed by atoms with E-state index in [4.69, 9.17) is 10.2 Å². The lowest BCUT2D eigenvalue weighted by molar-refractivity contribution is 0.0940. The molecule has 0 aliphatic carbocycles. The van der Waals surface area contributed by atoms with Crippen molar-refractivity contribution in [2.75, 3.05) is 0 Å². The van der Waals surface area contributed by atoms with Crippen molar-refractivity contribution in [2.24, 2.45) is 5.73 Å². The highest BCUT2D eigenvalue weighted by Crippen LogP contribution is 2.32. The van der Waals surface area contributed by atoms with Crippen molar-refractivity contribution in [3.63, 3.8) is 0 Å². The molecule has 41 heavy (non-hydrogen) atoms. The standard InChI is InChI=1S/C33H28FN5O2/c1-21(23-12-14-28(34)15-13-23)37-30(40)26-16-25(29-11-7-6-10-24(29)20-35)17-27(18-26)31-38-39-32(41-31)33(2,36)19-22-8-4-3-5-9-22/h3-18,21H,19,36H2,1-2H3,(H,37,40). The van der Waals surface area contributed by atoms with E-state index in [1.807, 2.05) is 56.3 Å². The molecule has 0 fully saturated rings. The van der Waals surface area contributed by atoms with E-state index < -0.39 is 5.54 Å². The number of carbonyl (C=O) groups is 1. The van der Waals surface area contributed by atoms with Crippen LogP contribution in [0.4, 0.5) is 4.39 Å². The third-order valence-corrected chi connectivity index (χ3v) is 6.85. The molecule has 4 aromatic carbocycles. The molecule has 5 aromatic rings. The number of benzene rings is 4. The summed E-state index contributed by atoms with van der Waals surface area (Å²) in [6.45, 7) is 3.65. The second-order valence-corrected chi connectivity index (χ2v) is 10.2. The lowest BCUT2D eigenvalue weighted by Crippen LogP contribution is -2.35. The Balaban J connectivity index is 1.51. The van der Waals surface area contributed by atoms with Gasteiger partial charge in [-0.25, -0.2) is 4.39 Å². The lowest BCUT2D eigenvalue weighted by atomic mass is 9.94. The van der Waals surface area contributed by atoms with E-state index in [2.05, 4.69) is 21.6 Å². The van der Waals surface area contributed by atoms with Crippen LogP contribution in [0.2, 0.25) is 0 Å². The Kier molecular flexibility index (Phi) is 7.72. The smallest absolute Gasteiger partial charge is 0.251 e. The van der Waals surface area contributed by atoms with Crippen LogP contribution in [0.5, 0.6) is 0 Å². The summed E-state index contributed by atoms with van der Waals surface area (Å²) in [5.41, 5.74) is 10.0. The normalized spacial score (nSPS) is 13.1. The Bertz CT molecular complexity index is 1720. The first kappa shape index (κ1) is 27.4. The van der Waals surface area contributed by atoms with Gasteiger partial charge in [-0.1, -0.05) is 60.7 Å². The maximum absolute atomic E-state index is 13.4. The molecule has 0 spiro atoms. The minimum atomic E-state index is -0.928. The van der Waals surface area contributed by atoms with Gasteiger partial charge in [0.05, 0.1) is 23.2 Å². The van der Waals surface area contributed by atoms with E-state index in [0.29, 0.717) is 34.2 Å². The molecule has 5 rings (SSSR count). The molecule has 2 unspecified atom stereocenters. The van der Waals surface area contributed by atoms with Crippen LogP contribution in [0.3, 0.4) is 0 Å². The van der Waals surface area contributed by atoms with E-state index in [0.717, 1.165) is 11.1 Å². The van der Waals surface area contributed by atoms with Gasteiger partial charge in [-0.05, 0) is 78.9 Å². The number of amides is 1. The summed E-state index contributed by atoms with van der Waals surface area (Å²) in [7, 11) is 0. The van der Waals surface area contributed by atoms with Crippen LogP contribution in [0.25, 0.3) is 22.6 Å². The Labute approximate surface area is 237 Å². The molecule has 204 valence electrons. The predicted molar refractivity (Wildman–Crippen MR) is 154 cm³/mol. The predicted octanol–water partition coefficient (Wildman–Crippen LogP) is 6.32. The van der Waals surface area contributed by atoms with Crippen molar-refractivity contribution in [1.29, 1.82) is 5.26 Å². The van der Waals surface area contributed by atoms with Crippen molar-refractivity contribution < 1.29 is 13.6 Å². The van der Waals surface area contributed by atoms with Gasteiger partial charge in [0.15, 0.2) is 0 Å². The monoisotopic (exact) mass is 545 g/mol. The first-order valence-corrected chi connectivity index (χ1v) is 13.1. The number of hydrogen-bond acceptors (Lipinski definition) is 6. The zero-order valence-electron chi connectivity index (χ0n) is 22.6. The molecule has 3 N–H and O–H groups in total. The quantitative estimate of drug-likeness (QED) is 0.236. The third kappa shape index (κ3) is 6.21. The molecule has 0 aliphatic rings. The maximum Gasteiger partial charge on any atom is 0.251 e. The Morgan fingerprint density at radius 1 is 1.00 bits per heavy atom. The number of nitriles is 1. The number of hydrogen-bond donors (Lipinski definition) is 2. The highest BCUT2D eigenvalue weighted by Gasteiger charge is 2.29. The number of nitrogens with zero attached hydrogens (tertiary/aromatic N) is 3. The van der Waals surface area contributed by atoms with Gasteiger partial charge in [0.2, 0.25) is 11.8 Å². The van der Waals surface area contributed by atoms with E-state index in [-0.39, 0.29) is 29.5 Å². The zero-order chi connectivity index (χ0) is 29.0. The van der Waals surface area contributed by atoms with Crippen LogP contribution in [0.1, 0.15) is 52.8 Å². The first-order chi connectivity index (χ1) is 19.7. The molecule has 7 nitrogen and oxygen atoms in total. The summed E-state index contributed by atoms with van der Waals surface area (Å²) in [5, 5.41) is 21.2. The molecule has 8 heteroatoms.